The standard InChI is InChI=1S/C17H24N2O2/c1-12-8-10-14(11-9-12)19-16(21)17(2,3)15(20)18-13-6-4-5-7-13/h8-11,13H,4-7H2,1-3H3,(H,18,20)(H,19,21). The Kier molecular flexibility index (Phi) is 4.66. The van der Waals surface area contributed by atoms with Crippen molar-refractivity contribution in [3.05, 3.63) is 29.8 Å². The van der Waals surface area contributed by atoms with Crippen LogP contribution in [0.2, 0.25) is 0 Å². The molecule has 0 radical (unpaired) electrons. The highest BCUT2D eigenvalue weighted by Crippen LogP contribution is 2.23. The van der Waals surface area contributed by atoms with Gasteiger partial charge in [0.2, 0.25) is 11.8 Å². The molecule has 0 spiro atoms. The molecular formula is C17H24N2O2. The maximum absolute atomic E-state index is 12.4. The first-order chi connectivity index (χ1) is 9.89. The monoisotopic (exact) mass is 288 g/mol. The van der Waals surface area contributed by atoms with E-state index in [4.69, 9.17) is 0 Å². The molecule has 114 valence electrons. The molecule has 2 rings (SSSR count). The number of rotatable bonds is 4. The molecule has 1 aliphatic rings. The number of benzene rings is 1. The first-order valence-corrected chi connectivity index (χ1v) is 7.58. The Labute approximate surface area is 126 Å². The molecule has 2 N–H and O–H groups in total. The summed E-state index contributed by atoms with van der Waals surface area (Å²) in [6.07, 6.45) is 4.34. The van der Waals surface area contributed by atoms with E-state index in [0.29, 0.717) is 5.69 Å². The van der Waals surface area contributed by atoms with Gasteiger partial charge in [0.25, 0.3) is 0 Å². The lowest BCUT2D eigenvalue weighted by atomic mass is 9.90. The summed E-state index contributed by atoms with van der Waals surface area (Å²) in [7, 11) is 0. The first-order valence-electron chi connectivity index (χ1n) is 7.58. The van der Waals surface area contributed by atoms with Gasteiger partial charge in [-0.05, 0) is 45.7 Å². The van der Waals surface area contributed by atoms with Crippen molar-refractivity contribution in [3.8, 4) is 0 Å². The summed E-state index contributed by atoms with van der Waals surface area (Å²) in [4.78, 5) is 24.7. The van der Waals surface area contributed by atoms with E-state index in [1.165, 1.54) is 0 Å². The molecule has 4 heteroatoms. The number of hydrogen-bond donors (Lipinski definition) is 2. The summed E-state index contributed by atoms with van der Waals surface area (Å²) in [6.45, 7) is 5.33. The fourth-order valence-corrected chi connectivity index (χ4v) is 2.46. The second-order valence-corrected chi connectivity index (χ2v) is 6.40. The van der Waals surface area contributed by atoms with Crippen LogP contribution in [0.3, 0.4) is 0 Å². The van der Waals surface area contributed by atoms with Gasteiger partial charge >= 0.3 is 0 Å². The zero-order valence-corrected chi connectivity index (χ0v) is 13.0. The van der Waals surface area contributed by atoms with Crippen LogP contribution >= 0.6 is 0 Å². The molecule has 2 amide bonds. The van der Waals surface area contributed by atoms with Gasteiger partial charge in [0, 0.05) is 11.7 Å². The van der Waals surface area contributed by atoms with Crippen LogP contribution in [-0.2, 0) is 9.59 Å². The van der Waals surface area contributed by atoms with Crippen LogP contribution < -0.4 is 10.6 Å². The molecule has 21 heavy (non-hydrogen) atoms. The molecule has 1 aromatic carbocycles. The van der Waals surface area contributed by atoms with Crippen molar-refractivity contribution in [1.82, 2.24) is 5.32 Å². The van der Waals surface area contributed by atoms with E-state index in [0.717, 1.165) is 31.2 Å². The van der Waals surface area contributed by atoms with E-state index < -0.39 is 5.41 Å². The Hall–Kier alpha value is -1.84. The van der Waals surface area contributed by atoms with Gasteiger partial charge < -0.3 is 10.6 Å². The maximum Gasteiger partial charge on any atom is 0.239 e. The Morgan fingerprint density at radius 1 is 1.05 bits per heavy atom. The number of hydrogen-bond acceptors (Lipinski definition) is 2. The summed E-state index contributed by atoms with van der Waals surface area (Å²) in [5.41, 5.74) is 0.770. The molecule has 0 unspecified atom stereocenters. The van der Waals surface area contributed by atoms with Crippen LogP contribution in [0.1, 0.15) is 45.1 Å². The largest absolute Gasteiger partial charge is 0.352 e. The molecule has 0 atom stereocenters. The van der Waals surface area contributed by atoms with Crippen molar-refractivity contribution in [2.75, 3.05) is 5.32 Å². The quantitative estimate of drug-likeness (QED) is 0.837. The van der Waals surface area contributed by atoms with E-state index in [9.17, 15) is 9.59 Å². The fraction of sp³-hybridized carbons (Fsp3) is 0.529. The third-order valence-electron chi connectivity index (χ3n) is 4.14. The molecular weight excluding hydrogens is 264 g/mol. The lowest BCUT2D eigenvalue weighted by Gasteiger charge is -2.25. The highest BCUT2D eigenvalue weighted by molar-refractivity contribution is 6.09. The first kappa shape index (κ1) is 15.5. The molecule has 1 aromatic rings. The summed E-state index contributed by atoms with van der Waals surface area (Å²) >= 11 is 0. The molecule has 0 saturated heterocycles. The van der Waals surface area contributed by atoms with Crippen molar-refractivity contribution in [1.29, 1.82) is 0 Å². The number of anilines is 1. The molecule has 4 nitrogen and oxygen atoms in total. The van der Waals surface area contributed by atoms with Crippen LogP contribution in [0.4, 0.5) is 5.69 Å². The molecule has 1 fully saturated rings. The minimum Gasteiger partial charge on any atom is -0.352 e. The van der Waals surface area contributed by atoms with Gasteiger partial charge in [0.15, 0.2) is 0 Å². The fourth-order valence-electron chi connectivity index (χ4n) is 2.46. The van der Waals surface area contributed by atoms with Crippen molar-refractivity contribution in [3.63, 3.8) is 0 Å². The molecule has 1 saturated carbocycles. The lowest BCUT2D eigenvalue weighted by Crippen LogP contribution is -2.47. The third-order valence-corrected chi connectivity index (χ3v) is 4.14. The van der Waals surface area contributed by atoms with Gasteiger partial charge in [0.05, 0.1) is 0 Å². The van der Waals surface area contributed by atoms with E-state index in [-0.39, 0.29) is 17.9 Å². The summed E-state index contributed by atoms with van der Waals surface area (Å²) < 4.78 is 0. The van der Waals surface area contributed by atoms with Crippen LogP contribution in [0.5, 0.6) is 0 Å². The average molecular weight is 288 g/mol. The smallest absolute Gasteiger partial charge is 0.239 e. The second kappa shape index (κ2) is 6.29. The zero-order valence-electron chi connectivity index (χ0n) is 13.0. The van der Waals surface area contributed by atoms with Crippen LogP contribution in [0.15, 0.2) is 24.3 Å². The average Bonchev–Trinajstić information content (AvgIpc) is 2.94. The summed E-state index contributed by atoms with van der Waals surface area (Å²) in [5, 5.41) is 5.81. The molecule has 0 bridgehead atoms. The maximum atomic E-state index is 12.4. The van der Waals surface area contributed by atoms with Crippen molar-refractivity contribution in [2.24, 2.45) is 5.41 Å². The minimum absolute atomic E-state index is 0.195. The van der Waals surface area contributed by atoms with Crippen LogP contribution in [0.25, 0.3) is 0 Å². The Balaban J connectivity index is 1.98. The molecule has 0 aliphatic heterocycles. The lowest BCUT2D eigenvalue weighted by molar-refractivity contribution is -0.138. The van der Waals surface area contributed by atoms with E-state index in [2.05, 4.69) is 10.6 Å². The van der Waals surface area contributed by atoms with Gasteiger partial charge in [-0.15, -0.1) is 0 Å². The van der Waals surface area contributed by atoms with Gasteiger partial charge in [0.1, 0.15) is 5.41 Å². The van der Waals surface area contributed by atoms with E-state index in [1.54, 1.807) is 13.8 Å². The van der Waals surface area contributed by atoms with Crippen molar-refractivity contribution < 1.29 is 9.59 Å². The highest BCUT2D eigenvalue weighted by Gasteiger charge is 2.37. The van der Waals surface area contributed by atoms with Gasteiger partial charge in [-0.3, -0.25) is 9.59 Å². The molecule has 0 aromatic heterocycles. The Morgan fingerprint density at radius 2 is 1.62 bits per heavy atom. The highest BCUT2D eigenvalue weighted by atomic mass is 16.2. The predicted octanol–water partition coefficient (Wildman–Crippen LogP) is 3.02. The van der Waals surface area contributed by atoms with Crippen molar-refractivity contribution >= 4 is 17.5 Å². The number of nitrogens with one attached hydrogen (secondary N) is 2. The number of aryl methyl sites for hydroxylation is 1. The topological polar surface area (TPSA) is 58.2 Å². The van der Waals surface area contributed by atoms with E-state index >= 15 is 0 Å². The minimum atomic E-state index is -1.08. The number of carbonyl (C=O) groups excluding carboxylic acids is 2. The SMILES string of the molecule is Cc1ccc(NC(=O)C(C)(C)C(=O)NC2CCCC2)cc1. The predicted molar refractivity (Wildman–Crippen MR) is 84.0 cm³/mol. The van der Waals surface area contributed by atoms with Crippen molar-refractivity contribution in [2.45, 2.75) is 52.5 Å². The Morgan fingerprint density at radius 3 is 2.19 bits per heavy atom. The molecule has 1 aliphatic carbocycles. The van der Waals surface area contributed by atoms with Crippen LogP contribution in [0, 0.1) is 12.3 Å². The summed E-state index contributed by atoms with van der Waals surface area (Å²) in [5.74, 6) is -0.471. The number of carbonyl (C=O) groups is 2. The van der Waals surface area contributed by atoms with Gasteiger partial charge in [-0.1, -0.05) is 30.5 Å². The van der Waals surface area contributed by atoms with Crippen LogP contribution in [-0.4, -0.2) is 17.9 Å². The summed E-state index contributed by atoms with van der Waals surface area (Å²) in [6, 6.07) is 7.78. The molecule has 0 heterocycles. The number of amides is 2. The van der Waals surface area contributed by atoms with Gasteiger partial charge in [-0.25, -0.2) is 0 Å². The van der Waals surface area contributed by atoms with E-state index in [1.807, 2.05) is 31.2 Å². The Bertz CT molecular complexity index is 514. The normalized spacial score (nSPS) is 15.8. The second-order valence-electron chi connectivity index (χ2n) is 6.40. The third kappa shape index (κ3) is 3.84. The zero-order chi connectivity index (χ0) is 15.5. The van der Waals surface area contributed by atoms with Gasteiger partial charge in [-0.2, -0.15) is 0 Å².